The van der Waals surface area contributed by atoms with Crippen molar-refractivity contribution in [3.8, 4) is 0 Å². The lowest BCUT2D eigenvalue weighted by molar-refractivity contribution is -0.175. The Morgan fingerprint density at radius 2 is 1.80 bits per heavy atom. The van der Waals surface area contributed by atoms with E-state index in [9.17, 15) is 27.6 Å². The molecule has 2 fully saturated rings. The largest absolute Gasteiger partial charge is 0.471 e. The summed E-state index contributed by atoms with van der Waals surface area (Å²) < 4.78 is 42.4. The van der Waals surface area contributed by atoms with Crippen molar-refractivity contribution >= 4 is 17.8 Å². The lowest BCUT2D eigenvalue weighted by atomic mass is 9.98. The zero-order chi connectivity index (χ0) is 19.3. The van der Waals surface area contributed by atoms with Gasteiger partial charge in [-0.25, -0.2) is 4.79 Å². The molecule has 1 aliphatic carbocycles. The Labute approximate surface area is 144 Å². The van der Waals surface area contributed by atoms with Gasteiger partial charge in [-0.1, -0.05) is 27.7 Å². The lowest BCUT2D eigenvalue weighted by Gasteiger charge is -2.33. The van der Waals surface area contributed by atoms with E-state index in [2.05, 4.69) is 0 Å². The van der Waals surface area contributed by atoms with Crippen molar-refractivity contribution in [1.82, 2.24) is 10.2 Å². The highest BCUT2D eigenvalue weighted by molar-refractivity contribution is 5.93. The minimum atomic E-state index is -5.08. The fourth-order valence-corrected chi connectivity index (χ4v) is 3.82. The van der Waals surface area contributed by atoms with Gasteiger partial charge in [0.2, 0.25) is 5.91 Å². The van der Waals surface area contributed by atoms with E-state index < -0.39 is 42.0 Å². The van der Waals surface area contributed by atoms with E-state index in [1.54, 1.807) is 5.32 Å². The van der Waals surface area contributed by atoms with Gasteiger partial charge < -0.3 is 15.0 Å². The Hall–Kier alpha value is -1.80. The number of methoxy groups -OCH3 is 1. The maximum atomic E-state index is 12.8. The Balaban J connectivity index is 2.21. The molecule has 142 valence electrons. The number of nitrogens with zero attached hydrogens (tertiary/aromatic N) is 1. The third-order valence-electron chi connectivity index (χ3n) is 5.41. The molecule has 0 bridgehead atoms. The van der Waals surface area contributed by atoms with Crippen molar-refractivity contribution in [1.29, 1.82) is 0 Å². The molecule has 0 unspecified atom stereocenters. The molecule has 9 heteroatoms. The summed E-state index contributed by atoms with van der Waals surface area (Å²) in [6.45, 7) is 7.29. The molecule has 0 aromatic heterocycles. The first-order valence-corrected chi connectivity index (χ1v) is 8.10. The van der Waals surface area contributed by atoms with Crippen LogP contribution in [0.4, 0.5) is 13.2 Å². The number of carbonyl (C=O) groups excluding carboxylic acids is 3. The molecule has 0 spiro atoms. The summed E-state index contributed by atoms with van der Waals surface area (Å²) in [5.74, 6) is -4.01. The van der Waals surface area contributed by atoms with Crippen molar-refractivity contribution in [2.24, 2.45) is 23.2 Å². The number of piperidine rings is 1. The SMILES string of the molecule is COC(=O)[C@@H]1[C@@H]2[C@H](CN1C(=O)[C@@H](NC(=O)C(F)(F)F)C(C)C)C2(C)C. The summed E-state index contributed by atoms with van der Waals surface area (Å²) >= 11 is 0. The molecule has 2 amide bonds. The highest BCUT2D eigenvalue weighted by Gasteiger charge is 2.70. The number of hydrogen-bond donors (Lipinski definition) is 1. The predicted octanol–water partition coefficient (Wildman–Crippen LogP) is 1.35. The number of ether oxygens (including phenoxy) is 1. The second kappa shape index (κ2) is 6.17. The highest BCUT2D eigenvalue weighted by Crippen LogP contribution is 2.65. The van der Waals surface area contributed by atoms with Gasteiger partial charge in [-0.3, -0.25) is 9.59 Å². The van der Waals surface area contributed by atoms with Crippen LogP contribution in [0.15, 0.2) is 0 Å². The minimum Gasteiger partial charge on any atom is -0.467 e. The summed E-state index contributed by atoms with van der Waals surface area (Å²) in [5, 5.41) is 1.75. The van der Waals surface area contributed by atoms with Crippen LogP contribution in [0.3, 0.4) is 0 Å². The number of halogens is 3. The molecule has 1 aliphatic heterocycles. The van der Waals surface area contributed by atoms with Crippen LogP contribution in [-0.4, -0.2) is 54.6 Å². The molecule has 0 aromatic rings. The smallest absolute Gasteiger partial charge is 0.467 e. The monoisotopic (exact) mass is 364 g/mol. The number of rotatable bonds is 4. The van der Waals surface area contributed by atoms with E-state index in [4.69, 9.17) is 4.74 Å². The number of fused-ring (bicyclic) bond motifs is 1. The average Bonchev–Trinajstić information content (AvgIpc) is 2.87. The van der Waals surface area contributed by atoms with Crippen LogP contribution in [0.5, 0.6) is 0 Å². The maximum absolute atomic E-state index is 12.8. The van der Waals surface area contributed by atoms with Gasteiger partial charge >= 0.3 is 18.1 Å². The van der Waals surface area contributed by atoms with E-state index in [0.29, 0.717) is 0 Å². The fraction of sp³-hybridized carbons (Fsp3) is 0.812. The highest BCUT2D eigenvalue weighted by atomic mass is 19.4. The average molecular weight is 364 g/mol. The number of alkyl halides is 3. The minimum absolute atomic E-state index is 0.0879. The molecule has 0 radical (unpaired) electrons. The van der Waals surface area contributed by atoms with Crippen molar-refractivity contribution < 1.29 is 32.3 Å². The van der Waals surface area contributed by atoms with Crippen LogP contribution in [0, 0.1) is 23.2 Å². The van der Waals surface area contributed by atoms with Gasteiger partial charge in [0.1, 0.15) is 12.1 Å². The Morgan fingerprint density at radius 1 is 1.24 bits per heavy atom. The Bertz CT molecular complexity index is 588. The van der Waals surface area contributed by atoms with E-state index in [-0.39, 0.29) is 23.8 Å². The quantitative estimate of drug-likeness (QED) is 0.764. The first-order valence-electron chi connectivity index (χ1n) is 8.10. The number of amides is 2. The molecule has 1 N–H and O–H groups in total. The normalized spacial score (nSPS) is 28.4. The summed E-state index contributed by atoms with van der Waals surface area (Å²) in [5.41, 5.74) is -0.127. The molecule has 2 aliphatic rings. The van der Waals surface area contributed by atoms with Crippen molar-refractivity contribution in [3.63, 3.8) is 0 Å². The second-order valence-corrected chi connectivity index (χ2v) is 7.61. The predicted molar refractivity (Wildman–Crippen MR) is 81.1 cm³/mol. The van der Waals surface area contributed by atoms with Gasteiger partial charge in [0.15, 0.2) is 0 Å². The van der Waals surface area contributed by atoms with E-state index >= 15 is 0 Å². The molecule has 6 nitrogen and oxygen atoms in total. The third-order valence-corrected chi connectivity index (χ3v) is 5.41. The van der Waals surface area contributed by atoms with E-state index in [1.165, 1.54) is 25.9 Å². The van der Waals surface area contributed by atoms with Crippen LogP contribution in [0.1, 0.15) is 27.7 Å². The Kier molecular flexibility index (Phi) is 4.82. The number of nitrogens with one attached hydrogen (secondary N) is 1. The molecule has 1 saturated heterocycles. The van der Waals surface area contributed by atoms with Crippen molar-refractivity contribution in [2.45, 2.75) is 46.0 Å². The van der Waals surface area contributed by atoms with E-state index in [1.807, 2.05) is 13.8 Å². The zero-order valence-corrected chi connectivity index (χ0v) is 14.8. The maximum Gasteiger partial charge on any atom is 0.471 e. The summed E-state index contributed by atoms with van der Waals surface area (Å²) in [4.78, 5) is 37.4. The van der Waals surface area contributed by atoms with Gasteiger partial charge in [-0.15, -0.1) is 0 Å². The first kappa shape index (κ1) is 19.5. The second-order valence-electron chi connectivity index (χ2n) is 7.61. The molecule has 25 heavy (non-hydrogen) atoms. The summed E-state index contributed by atoms with van der Waals surface area (Å²) in [6, 6.07) is -2.19. The fourth-order valence-electron chi connectivity index (χ4n) is 3.82. The molecule has 2 rings (SSSR count). The van der Waals surface area contributed by atoms with Gasteiger partial charge in [0.25, 0.3) is 0 Å². The van der Waals surface area contributed by atoms with Crippen LogP contribution in [-0.2, 0) is 19.1 Å². The number of carbonyl (C=O) groups is 3. The van der Waals surface area contributed by atoms with Crippen LogP contribution < -0.4 is 5.32 Å². The zero-order valence-electron chi connectivity index (χ0n) is 14.8. The molecule has 0 aromatic carbocycles. The van der Waals surface area contributed by atoms with Gasteiger partial charge in [0.05, 0.1) is 7.11 Å². The van der Waals surface area contributed by atoms with Crippen LogP contribution in [0.25, 0.3) is 0 Å². The molecule has 1 saturated carbocycles. The lowest BCUT2D eigenvalue weighted by Crippen LogP contribution is -2.57. The topological polar surface area (TPSA) is 75.7 Å². The number of esters is 1. The summed E-state index contributed by atoms with van der Waals surface area (Å²) in [6.07, 6.45) is -5.08. The first-order chi connectivity index (χ1) is 11.3. The van der Waals surface area contributed by atoms with Gasteiger partial charge in [0, 0.05) is 12.5 Å². The van der Waals surface area contributed by atoms with E-state index in [0.717, 1.165) is 0 Å². The standard InChI is InChI=1S/C16H23F3N2O4/c1-7(2)10(20-14(24)16(17,18)19)12(22)21-6-8-9(15(8,3)4)11(21)13(23)25-5/h7-11H,6H2,1-5H3,(H,20,24)/t8-,9-,10-,11-/m0/s1. The third kappa shape index (κ3) is 3.32. The molecular weight excluding hydrogens is 341 g/mol. The molecule has 1 heterocycles. The van der Waals surface area contributed by atoms with Gasteiger partial charge in [-0.05, 0) is 17.3 Å². The number of hydrogen-bond acceptors (Lipinski definition) is 4. The van der Waals surface area contributed by atoms with Crippen LogP contribution >= 0.6 is 0 Å². The molecule has 4 atom stereocenters. The Morgan fingerprint density at radius 3 is 2.24 bits per heavy atom. The van der Waals surface area contributed by atoms with Crippen LogP contribution in [0.2, 0.25) is 0 Å². The van der Waals surface area contributed by atoms with Crippen molar-refractivity contribution in [3.05, 3.63) is 0 Å². The molecular formula is C16H23F3N2O4. The summed E-state index contributed by atoms with van der Waals surface area (Å²) in [7, 11) is 1.21. The van der Waals surface area contributed by atoms with Gasteiger partial charge in [-0.2, -0.15) is 13.2 Å². The number of likely N-dealkylation sites (tertiary alicyclic amines) is 1. The van der Waals surface area contributed by atoms with Crippen molar-refractivity contribution in [2.75, 3.05) is 13.7 Å².